The van der Waals surface area contributed by atoms with E-state index in [0.717, 1.165) is 41.0 Å². The van der Waals surface area contributed by atoms with E-state index in [1.807, 2.05) is 64.2 Å². The molecular formula is C33H50FNOS. The highest BCUT2D eigenvalue weighted by Gasteiger charge is 2.08. The van der Waals surface area contributed by atoms with E-state index < -0.39 is 0 Å². The van der Waals surface area contributed by atoms with Gasteiger partial charge in [-0.1, -0.05) is 114 Å². The van der Waals surface area contributed by atoms with Crippen LogP contribution in [0.5, 0.6) is 0 Å². The van der Waals surface area contributed by atoms with E-state index in [1.54, 1.807) is 22.7 Å². The molecule has 2 aromatic rings. The number of rotatable bonds is 9. The van der Waals surface area contributed by atoms with Crippen molar-refractivity contribution in [2.24, 2.45) is 0 Å². The maximum atomic E-state index is 13.3. The number of amides is 1. The lowest BCUT2D eigenvalue weighted by atomic mass is 9.99. The molecule has 2 nitrogen and oxygen atoms in total. The third-order valence-corrected chi connectivity index (χ3v) is 5.81. The minimum atomic E-state index is -0.238. The van der Waals surface area contributed by atoms with Crippen LogP contribution in [0.2, 0.25) is 0 Å². The van der Waals surface area contributed by atoms with Crippen LogP contribution in [-0.4, -0.2) is 24.4 Å². The summed E-state index contributed by atoms with van der Waals surface area (Å²) in [6, 6.07) is 14.6. The molecular weight excluding hydrogens is 477 g/mol. The van der Waals surface area contributed by atoms with Gasteiger partial charge in [-0.25, -0.2) is 4.39 Å². The molecule has 0 radical (unpaired) electrons. The summed E-state index contributed by atoms with van der Waals surface area (Å²) in [4.78, 5) is 14.2. The Bertz CT molecular complexity index is 945. The zero-order chi connectivity index (χ0) is 28.6. The molecule has 0 saturated heterocycles. The van der Waals surface area contributed by atoms with Gasteiger partial charge in [-0.3, -0.25) is 4.79 Å². The van der Waals surface area contributed by atoms with E-state index in [1.165, 1.54) is 24.1 Å². The molecule has 1 amide bonds. The number of carbonyl (C=O) groups is 1. The molecule has 2 rings (SSSR count). The number of carbonyl (C=O) groups excluding carboxylic acids is 1. The first-order valence-electron chi connectivity index (χ1n) is 13.4. The lowest BCUT2D eigenvalue weighted by Gasteiger charge is -2.15. The summed E-state index contributed by atoms with van der Waals surface area (Å²) in [5.74, 6) is -0.0281. The first kappa shape index (κ1) is 36.6. The third-order valence-electron chi connectivity index (χ3n) is 4.61. The number of benzene rings is 2. The normalized spacial score (nSPS) is 9.57. The zero-order valence-electron chi connectivity index (χ0n) is 24.7. The largest absolute Gasteiger partial charge is 0.345 e. The number of hydrogen-bond acceptors (Lipinski definition) is 2. The molecule has 2 aromatic carbocycles. The molecule has 0 bridgehead atoms. The highest BCUT2D eigenvalue weighted by Crippen LogP contribution is 2.32. The topological polar surface area (TPSA) is 20.3 Å². The number of thioether (sulfide) groups is 1. The Labute approximate surface area is 231 Å². The molecule has 0 aliphatic rings. The molecule has 0 fully saturated rings. The van der Waals surface area contributed by atoms with Crippen molar-refractivity contribution in [1.82, 2.24) is 4.90 Å². The number of unbranched alkanes of at least 4 members (excludes halogenated alkanes) is 1. The summed E-state index contributed by atoms with van der Waals surface area (Å²) in [5, 5.41) is 2.11. The fourth-order valence-electron chi connectivity index (χ4n) is 2.73. The highest BCUT2D eigenvalue weighted by atomic mass is 32.2. The van der Waals surface area contributed by atoms with Gasteiger partial charge in [0.1, 0.15) is 5.82 Å². The van der Waals surface area contributed by atoms with E-state index >= 15 is 0 Å². The Morgan fingerprint density at radius 1 is 1.05 bits per heavy atom. The summed E-state index contributed by atoms with van der Waals surface area (Å²) in [6.45, 7) is 21.4. The van der Waals surface area contributed by atoms with E-state index in [-0.39, 0.29) is 11.7 Å². The lowest BCUT2D eigenvalue weighted by molar-refractivity contribution is -0.129. The van der Waals surface area contributed by atoms with Gasteiger partial charge in [0.2, 0.25) is 5.91 Å². The van der Waals surface area contributed by atoms with E-state index in [2.05, 4.69) is 52.7 Å². The predicted octanol–water partition coefficient (Wildman–Crippen LogP) is 10.6. The van der Waals surface area contributed by atoms with Gasteiger partial charge in [0, 0.05) is 24.9 Å². The number of nitrogens with zero attached hydrogens (tertiary/aromatic N) is 1. The summed E-state index contributed by atoms with van der Waals surface area (Å²) in [7, 11) is 1.86. The molecule has 0 heterocycles. The van der Waals surface area contributed by atoms with Gasteiger partial charge in [0.15, 0.2) is 0 Å². The summed E-state index contributed by atoms with van der Waals surface area (Å²) in [5.41, 5.74) is 3.95. The van der Waals surface area contributed by atoms with Crippen LogP contribution in [0, 0.1) is 5.82 Å². The van der Waals surface area contributed by atoms with Crippen molar-refractivity contribution in [3.63, 3.8) is 0 Å². The second-order valence-corrected chi connectivity index (χ2v) is 9.36. The Kier molecular flexibility index (Phi) is 23.5. The monoisotopic (exact) mass is 527 g/mol. The fraction of sp³-hybridized carbons (Fsp3) is 0.424. The average molecular weight is 528 g/mol. The van der Waals surface area contributed by atoms with Crippen LogP contribution in [0.4, 0.5) is 4.39 Å². The quantitative estimate of drug-likeness (QED) is 0.239. The smallest absolute Gasteiger partial charge is 0.226 e. The predicted molar refractivity (Wildman–Crippen MR) is 166 cm³/mol. The molecule has 0 saturated carbocycles. The molecule has 4 heteroatoms. The SMILES string of the molecule is C/C=C\CC(=O)N(C)CCCC.C=C(c1cccc(F)c1)c1ccccc1SC=C(C)C.CC.CCC. The van der Waals surface area contributed by atoms with Crippen molar-refractivity contribution in [2.75, 3.05) is 13.6 Å². The van der Waals surface area contributed by atoms with Crippen LogP contribution in [0.25, 0.3) is 5.57 Å². The van der Waals surface area contributed by atoms with E-state index in [4.69, 9.17) is 0 Å². The number of halogens is 1. The maximum Gasteiger partial charge on any atom is 0.226 e. The van der Waals surface area contributed by atoms with Gasteiger partial charge in [0.05, 0.1) is 0 Å². The third kappa shape index (κ3) is 17.5. The molecule has 0 aliphatic carbocycles. The van der Waals surface area contributed by atoms with Crippen LogP contribution in [-0.2, 0) is 4.79 Å². The van der Waals surface area contributed by atoms with Crippen LogP contribution in [0.1, 0.15) is 92.2 Å². The van der Waals surface area contributed by atoms with E-state index in [9.17, 15) is 9.18 Å². The van der Waals surface area contributed by atoms with Crippen molar-refractivity contribution in [1.29, 1.82) is 0 Å². The first-order valence-corrected chi connectivity index (χ1v) is 14.3. The second kappa shape index (κ2) is 23.8. The molecule has 0 aliphatic heterocycles. The molecule has 206 valence electrons. The summed E-state index contributed by atoms with van der Waals surface area (Å²) in [6.07, 6.45) is 7.83. The Hall–Kier alpha value is -2.59. The minimum absolute atomic E-state index is 0.210. The fourth-order valence-corrected chi connectivity index (χ4v) is 3.56. The zero-order valence-corrected chi connectivity index (χ0v) is 25.6. The van der Waals surface area contributed by atoms with Crippen molar-refractivity contribution >= 4 is 23.2 Å². The Morgan fingerprint density at radius 3 is 2.22 bits per heavy atom. The van der Waals surface area contributed by atoms with Gasteiger partial charge in [-0.05, 0) is 67.5 Å². The highest BCUT2D eigenvalue weighted by molar-refractivity contribution is 8.02. The van der Waals surface area contributed by atoms with Crippen molar-refractivity contribution in [3.8, 4) is 0 Å². The van der Waals surface area contributed by atoms with Crippen molar-refractivity contribution in [3.05, 3.63) is 95.2 Å². The number of hydrogen-bond donors (Lipinski definition) is 0. The molecule has 0 spiro atoms. The Balaban J connectivity index is 0. The van der Waals surface area contributed by atoms with Gasteiger partial charge >= 0.3 is 0 Å². The van der Waals surface area contributed by atoms with Crippen LogP contribution >= 0.6 is 11.8 Å². The number of allylic oxidation sites excluding steroid dienone is 2. The molecule has 0 N–H and O–H groups in total. The van der Waals surface area contributed by atoms with Gasteiger partial charge in [-0.15, -0.1) is 0 Å². The van der Waals surface area contributed by atoms with Crippen LogP contribution in [0.3, 0.4) is 0 Å². The molecule has 37 heavy (non-hydrogen) atoms. The summed E-state index contributed by atoms with van der Waals surface area (Å²) >= 11 is 1.67. The molecule has 0 atom stereocenters. The van der Waals surface area contributed by atoms with Gasteiger partial charge < -0.3 is 4.90 Å². The van der Waals surface area contributed by atoms with Crippen molar-refractivity contribution in [2.45, 2.75) is 86.0 Å². The van der Waals surface area contributed by atoms with Crippen molar-refractivity contribution < 1.29 is 9.18 Å². The maximum absolute atomic E-state index is 13.3. The second-order valence-electron chi connectivity index (χ2n) is 8.45. The van der Waals surface area contributed by atoms with Crippen LogP contribution < -0.4 is 0 Å². The van der Waals surface area contributed by atoms with Gasteiger partial charge in [-0.2, -0.15) is 0 Å². The summed E-state index contributed by atoms with van der Waals surface area (Å²) < 4.78 is 13.3. The lowest BCUT2D eigenvalue weighted by Crippen LogP contribution is -2.26. The van der Waals surface area contributed by atoms with Crippen LogP contribution in [0.15, 0.2) is 83.1 Å². The van der Waals surface area contributed by atoms with Gasteiger partial charge in [0.25, 0.3) is 0 Å². The molecule has 0 aromatic heterocycles. The van der Waals surface area contributed by atoms with E-state index in [0.29, 0.717) is 6.42 Å². The standard InChI is InChI=1S/C18H17FS.C10H19NO.C3H8.C2H6/c1-13(2)12-20-18-10-5-4-9-17(18)14(3)15-7-6-8-16(19)11-15;1-4-6-8-10(12)11(3)9-7-5-2;1-3-2;1-2/h4-12H,3H2,1-2H3;4,6H,5,7-9H2,1-3H3;3H2,1-2H3;1-2H3/b;6-4-;;. The molecule has 0 unspecified atom stereocenters. The minimum Gasteiger partial charge on any atom is -0.345 e. The first-order chi connectivity index (χ1) is 17.7. The Morgan fingerprint density at radius 2 is 1.68 bits per heavy atom. The average Bonchev–Trinajstić information content (AvgIpc) is 2.90.